The quantitative estimate of drug-likeness (QED) is 0.699. The van der Waals surface area contributed by atoms with Crippen molar-refractivity contribution >= 4 is 11.9 Å². The number of nitrogens with zero attached hydrogens (tertiary/aromatic N) is 2. The maximum absolute atomic E-state index is 10.9. The lowest BCUT2D eigenvalue weighted by atomic mass is 9.89. The van der Waals surface area contributed by atoms with Gasteiger partial charge in [0.2, 0.25) is 5.95 Å². The predicted molar refractivity (Wildman–Crippen MR) is 52.1 cm³/mol. The van der Waals surface area contributed by atoms with Crippen molar-refractivity contribution in [2.45, 2.75) is 26.2 Å². The second kappa shape index (κ2) is 3.25. The van der Waals surface area contributed by atoms with Gasteiger partial charge in [-0.15, -0.1) is 0 Å². The van der Waals surface area contributed by atoms with E-state index in [2.05, 4.69) is 9.97 Å². The Hall–Kier alpha value is -1.65. The fourth-order valence-corrected chi connectivity index (χ4v) is 1.12. The molecule has 0 radical (unpaired) electrons. The second-order valence-electron chi connectivity index (χ2n) is 4.05. The Morgan fingerprint density at radius 2 is 2.07 bits per heavy atom. The van der Waals surface area contributed by atoms with Gasteiger partial charge in [-0.1, -0.05) is 20.8 Å². The summed E-state index contributed by atoms with van der Waals surface area (Å²) in [6, 6.07) is 0. The minimum absolute atomic E-state index is 0.0972. The Morgan fingerprint density at radius 3 is 2.50 bits per heavy atom. The molecule has 0 aromatic carbocycles. The van der Waals surface area contributed by atoms with Crippen LogP contribution in [-0.2, 0) is 5.41 Å². The molecule has 0 aliphatic carbocycles. The van der Waals surface area contributed by atoms with Gasteiger partial charge >= 0.3 is 5.97 Å². The minimum Gasteiger partial charge on any atom is -0.478 e. The van der Waals surface area contributed by atoms with Gasteiger partial charge in [0.05, 0.1) is 11.3 Å². The zero-order valence-electron chi connectivity index (χ0n) is 8.40. The van der Waals surface area contributed by atoms with E-state index in [1.165, 1.54) is 6.20 Å². The van der Waals surface area contributed by atoms with Gasteiger partial charge < -0.3 is 10.8 Å². The molecule has 5 nitrogen and oxygen atoms in total. The van der Waals surface area contributed by atoms with E-state index >= 15 is 0 Å². The predicted octanol–water partition coefficient (Wildman–Crippen LogP) is 1.05. The van der Waals surface area contributed by atoms with Gasteiger partial charge in [-0.3, -0.25) is 0 Å². The van der Waals surface area contributed by atoms with Crippen molar-refractivity contribution in [1.82, 2.24) is 9.97 Å². The number of carbonyl (C=O) groups is 1. The van der Waals surface area contributed by atoms with Gasteiger partial charge in [-0.05, 0) is 0 Å². The fraction of sp³-hybridized carbons (Fsp3) is 0.444. The zero-order chi connectivity index (χ0) is 10.9. The van der Waals surface area contributed by atoms with Crippen molar-refractivity contribution in [3.8, 4) is 0 Å². The monoisotopic (exact) mass is 195 g/mol. The third-order valence-electron chi connectivity index (χ3n) is 1.75. The lowest BCUT2D eigenvalue weighted by Crippen LogP contribution is -2.20. The van der Waals surface area contributed by atoms with Crippen LogP contribution in [0.1, 0.15) is 36.8 Å². The fourth-order valence-electron chi connectivity index (χ4n) is 1.12. The molecular formula is C9H13N3O2. The summed E-state index contributed by atoms with van der Waals surface area (Å²) in [5.41, 5.74) is 5.61. The molecule has 0 fully saturated rings. The highest BCUT2D eigenvalue weighted by Gasteiger charge is 2.23. The zero-order valence-corrected chi connectivity index (χ0v) is 8.40. The smallest absolute Gasteiger partial charge is 0.339 e. The number of anilines is 1. The van der Waals surface area contributed by atoms with Crippen LogP contribution in [0.15, 0.2) is 6.20 Å². The van der Waals surface area contributed by atoms with Crippen molar-refractivity contribution in [3.63, 3.8) is 0 Å². The van der Waals surface area contributed by atoms with Gasteiger partial charge in [-0.25, -0.2) is 14.8 Å². The molecule has 0 aliphatic heterocycles. The van der Waals surface area contributed by atoms with Crippen LogP contribution in [0.2, 0.25) is 0 Å². The number of hydrogen-bond donors (Lipinski definition) is 2. The van der Waals surface area contributed by atoms with Crippen molar-refractivity contribution < 1.29 is 9.90 Å². The maximum atomic E-state index is 10.9. The van der Waals surface area contributed by atoms with Crippen LogP contribution >= 0.6 is 0 Å². The molecule has 1 heterocycles. The number of hydrogen-bond acceptors (Lipinski definition) is 4. The number of nitrogens with two attached hydrogens (primary N) is 1. The summed E-state index contributed by atoms with van der Waals surface area (Å²) >= 11 is 0. The molecule has 5 heteroatoms. The number of nitrogen functional groups attached to an aromatic ring is 1. The highest BCUT2D eigenvalue weighted by Crippen LogP contribution is 2.23. The Bertz CT molecular complexity index is 369. The Balaban J connectivity index is 3.38. The summed E-state index contributed by atoms with van der Waals surface area (Å²) < 4.78 is 0. The molecule has 14 heavy (non-hydrogen) atoms. The van der Waals surface area contributed by atoms with Crippen molar-refractivity contribution in [2.75, 3.05) is 5.73 Å². The summed E-state index contributed by atoms with van der Waals surface area (Å²) in [5.74, 6) is -0.935. The first-order chi connectivity index (χ1) is 6.32. The first-order valence-corrected chi connectivity index (χ1v) is 4.18. The first-order valence-electron chi connectivity index (χ1n) is 4.18. The van der Waals surface area contributed by atoms with Crippen molar-refractivity contribution in [3.05, 3.63) is 17.5 Å². The molecule has 1 rings (SSSR count). The Kier molecular flexibility index (Phi) is 2.42. The maximum Gasteiger partial charge on any atom is 0.339 e. The number of aromatic carboxylic acids is 1. The van der Waals surface area contributed by atoms with Crippen LogP contribution in [0.5, 0.6) is 0 Å². The molecule has 3 N–H and O–H groups in total. The summed E-state index contributed by atoms with van der Waals surface area (Å²) in [4.78, 5) is 18.5. The number of carboxylic acid groups (broad SMARTS) is 1. The summed E-state index contributed by atoms with van der Waals surface area (Å²) in [5, 5.41) is 8.90. The van der Waals surface area contributed by atoms with Gasteiger partial charge in [0.15, 0.2) is 0 Å². The summed E-state index contributed by atoms with van der Waals surface area (Å²) in [6.45, 7) is 5.63. The SMILES string of the molecule is CC(C)(C)c1nc(N)ncc1C(=O)O. The van der Waals surface area contributed by atoms with E-state index in [0.717, 1.165) is 0 Å². The summed E-state index contributed by atoms with van der Waals surface area (Å²) in [6.07, 6.45) is 1.24. The number of carboxylic acids is 1. The normalized spacial score (nSPS) is 11.4. The minimum atomic E-state index is -1.03. The van der Waals surface area contributed by atoms with Crippen LogP contribution in [0.25, 0.3) is 0 Å². The third-order valence-corrected chi connectivity index (χ3v) is 1.75. The topological polar surface area (TPSA) is 89.1 Å². The first kappa shape index (κ1) is 10.4. The average Bonchev–Trinajstić information content (AvgIpc) is 2.01. The van der Waals surface area contributed by atoms with E-state index in [0.29, 0.717) is 5.69 Å². The van der Waals surface area contributed by atoms with Crippen LogP contribution in [-0.4, -0.2) is 21.0 Å². The molecule has 0 saturated carbocycles. The number of aromatic nitrogens is 2. The average molecular weight is 195 g/mol. The van der Waals surface area contributed by atoms with E-state index in [1.54, 1.807) is 0 Å². The van der Waals surface area contributed by atoms with Crippen molar-refractivity contribution in [2.24, 2.45) is 0 Å². The molecule has 0 atom stereocenters. The third kappa shape index (κ3) is 1.99. The molecule has 0 spiro atoms. The van der Waals surface area contributed by atoms with Gasteiger partial charge in [0, 0.05) is 11.6 Å². The van der Waals surface area contributed by atoms with Crippen LogP contribution < -0.4 is 5.73 Å². The van der Waals surface area contributed by atoms with E-state index < -0.39 is 5.97 Å². The molecule has 76 valence electrons. The van der Waals surface area contributed by atoms with E-state index in [4.69, 9.17) is 10.8 Å². The van der Waals surface area contributed by atoms with E-state index in [9.17, 15) is 4.79 Å². The largest absolute Gasteiger partial charge is 0.478 e. The van der Waals surface area contributed by atoms with E-state index in [1.807, 2.05) is 20.8 Å². The second-order valence-corrected chi connectivity index (χ2v) is 4.05. The molecule has 0 amide bonds. The van der Waals surface area contributed by atoms with Crippen molar-refractivity contribution in [1.29, 1.82) is 0 Å². The highest BCUT2D eigenvalue weighted by molar-refractivity contribution is 5.89. The standard InChI is InChI=1S/C9H13N3O2/c1-9(2,3)6-5(7(13)14)4-11-8(10)12-6/h4H,1-3H3,(H,13,14)(H2,10,11,12). The Morgan fingerprint density at radius 1 is 1.50 bits per heavy atom. The molecule has 0 aliphatic rings. The number of rotatable bonds is 1. The lowest BCUT2D eigenvalue weighted by molar-refractivity contribution is 0.0693. The molecule has 0 bridgehead atoms. The van der Waals surface area contributed by atoms with Crippen LogP contribution in [0, 0.1) is 0 Å². The van der Waals surface area contributed by atoms with Crippen LogP contribution in [0.3, 0.4) is 0 Å². The molecular weight excluding hydrogens is 182 g/mol. The highest BCUT2D eigenvalue weighted by atomic mass is 16.4. The van der Waals surface area contributed by atoms with Gasteiger partial charge in [0.1, 0.15) is 0 Å². The summed E-state index contributed by atoms with van der Waals surface area (Å²) in [7, 11) is 0. The van der Waals surface area contributed by atoms with Crippen LogP contribution in [0.4, 0.5) is 5.95 Å². The molecule has 1 aromatic heterocycles. The van der Waals surface area contributed by atoms with Gasteiger partial charge in [0.25, 0.3) is 0 Å². The lowest BCUT2D eigenvalue weighted by Gasteiger charge is -2.19. The molecule has 1 aromatic rings. The molecule has 0 saturated heterocycles. The molecule has 0 unspecified atom stereocenters. The Labute approximate surface area is 82.0 Å². The van der Waals surface area contributed by atoms with E-state index in [-0.39, 0.29) is 16.9 Å². The van der Waals surface area contributed by atoms with Gasteiger partial charge in [-0.2, -0.15) is 0 Å².